The molecule has 84 valence electrons. The van der Waals surface area contributed by atoms with Crippen LogP contribution in [0.25, 0.3) is 0 Å². The Hall–Kier alpha value is -0.780. The van der Waals surface area contributed by atoms with Crippen LogP contribution in [0.4, 0.5) is 5.69 Å². The Labute approximate surface area is 94.5 Å². The molecule has 0 aliphatic rings. The second-order valence-electron chi connectivity index (χ2n) is 3.09. The van der Waals surface area contributed by atoms with E-state index in [4.69, 9.17) is 17.3 Å². The predicted molar refractivity (Wildman–Crippen MR) is 61.3 cm³/mol. The summed E-state index contributed by atoms with van der Waals surface area (Å²) >= 11 is 5.78. The SMILES string of the molecule is CCCNS(=O)(=O)c1cc(N)ccc1Cl. The van der Waals surface area contributed by atoms with Crippen LogP contribution in [0.2, 0.25) is 5.02 Å². The van der Waals surface area contributed by atoms with Crippen molar-refractivity contribution in [1.29, 1.82) is 0 Å². The topological polar surface area (TPSA) is 72.2 Å². The van der Waals surface area contributed by atoms with E-state index in [1.54, 1.807) is 6.07 Å². The number of hydrogen-bond acceptors (Lipinski definition) is 3. The van der Waals surface area contributed by atoms with E-state index in [-0.39, 0.29) is 9.92 Å². The third-order valence-corrected chi connectivity index (χ3v) is 3.73. The van der Waals surface area contributed by atoms with Gasteiger partial charge in [0.15, 0.2) is 0 Å². The Balaban J connectivity index is 3.09. The predicted octanol–water partition coefficient (Wildman–Crippen LogP) is 1.61. The van der Waals surface area contributed by atoms with Crippen molar-refractivity contribution < 1.29 is 8.42 Å². The first-order valence-electron chi connectivity index (χ1n) is 4.52. The minimum atomic E-state index is -3.54. The number of nitrogens with two attached hydrogens (primary N) is 1. The third kappa shape index (κ3) is 3.09. The normalized spacial score (nSPS) is 11.6. The molecular weight excluding hydrogens is 236 g/mol. The van der Waals surface area contributed by atoms with Gasteiger partial charge >= 0.3 is 0 Å². The molecule has 0 saturated heterocycles. The van der Waals surface area contributed by atoms with Crippen LogP contribution < -0.4 is 10.5 Å². The number of anilines is 1. The molecule has 0 aliphatic heterocycles. The lowest BCUT2D eigenvalue weighted by molar-refractivity contribution is 0.581. The minimum absolute atomic E-state index is 0.0256. The van der Waals surface area contributed by atoms with Crippen molar-refractivity contribution in [3.63, 3.8) is 0 Å². The van der Waals surface area contributed by atoms with Gasteiger partial charge in [0.25, 0.3) is 0 Å². The molecule has 6 heteroatoms. The summed E-state index contributed by atoms with van der Waals surface area (Å²) in [4.78, 5) is 0.0256. The van der Waals surface area contributed by atoms with Crippen molar-refractivity contribution in [3.05, 3.63) is 23.2 Å². The molecule has 1 rings (SSSR count). The molecule has 0 radical (unpaired) electrons. The van der Waals surface area contributed by atoms with E-state index in [0.717, 1.165) is 6.42 Å². The van der Waals surface area contributed by atoms with Crippen LogP contribution in [0.5, 0.6) is 0 Å². The number of benzene rings is 1. The highest BCUT2D eigenvalue weighted by Gasteiger charge is 2.16. The summed E-state index contributed by atoms with van der Waals surface area (Å²) in [5, 5.41) is 0.174. The highest BCUT2D eigenvalue weighted by atomic mass is 35.5. The molecule has 0 amide bonds. The van der Waals surface area contributed by atoms with Crippen molar-refractivity contribution >= 4 is 27.3 Å². The Morgan fingerprint density at radius 3 is 2.73 bits per heavy atom. The van der Waals surface area contributed by atoms with E-state index in [1.807, 2.05) is 6.92 Å². The maximum Gasteiger partial charge on any atom is 0.242 e. The molecule has 0 aromatic heterocycles. The van der Waals surface area contributed by atoms with E-state index >= 15 is 0 Å². The molecule has 0 bridgehead atoms. The highest BCUT2D eigenvalue weighted by Crippen LogP contribution is 2.23. The molecule has 0 aliphatic carbocycles. The molecule has 0 saturated carbocycles. The largest absolute Gasteiger partial charge is 0.399 e. The number of sulfonamides is 1. The third-order valence-electron chi connectivity index (χ3n) is 1.79. The molecule has 4 nitrogen and oxygen atoms in total. The Bertz CT molecular complexity index is 445. The highest BCUT2D eigenvalue weighted by molar-refractivity contribution is 7.89. The van der Waals surface area contributed by atoms with Gasteiger partial charge in [-0.25, -0.2) is 13.1 Å². The maximum atomic E-state index is 11.7. The fourth-order valence-electron chi connectivity index (χ4n) is 1.04. The van der Waals surface area contributed by atoms with Gasteiger partial charge in [-0.3, -0.25) is 0 Å². The molecule has 1 aromatic carbocycles. The molecular formula is C9H13ClN2O2S. The average molecular weight is 249 g/mol. The van der Waals surface area contributed by atoms with Gasteiger partial charge in [-0.2, -0.15) is 0 Å². The fourth-order valence-corrected chi connectivity index (χ4v) is 2.71. The molecule has 3 N–H and O–H groups in total. The molecule has 0 heterocycles. The Kier molecular flexibility index (Phi) is 3.96. The zero-order valence-electron chi connectivity index (χ0n) is 8.33. The van der Waals surface area contributed by atoms with Crippen LogP contribution in [0.3, 0.4) is 0 Å². The van der Waals surface area contributed by atoms with Crippen molar-refractivity contribution in [3.8, 4) is 0 Å². The first kappa shape index (κ1) is 12.3. The van der Waals surface area contributed by atoms with Gasteiger partial charge in [-0.1, -0.05) is 18.5 Å². The first-order chi connectivity index (χ1) is 6.97. The zero-order chi connectivity index (χ0) is 11.5. The summed E-state index contributed by atoms with van der Waals surface area (Å²) in [6, 6.07) is 4.37. The summed E-state index contributed by atoms with van der Waals surface area (Å²) in [6.45, 7) is 2.26. The number of nitrogens with one attached hydrogen (secondary N) is 1. The number of rotatable bonds is 4. The quantitative estimate of drug-likeness (QED) is 0.796. The van der Waals surface area contributed by atoms with Gasteiger partial charge < -0.3 is 5.73 Å². The maximum absolute atomic E-state index is 11.7. The average Bonchev–Trinajstić information content (AvgIpc) is 2.18. The first-order valence-corrected chi connectivity index (χ1v) is 6.38. The summed E-state index contributed by atoms with van der Waals surface area (Å²) in [7, 11) is -3.54. The standard InChI is InChI=1S/C9H13ClN2O2S/c1-2-5-12-15(13,14)9-6-7(11)3-4-8(9)10/h3-4,6,12H,2,5,11H2,1H3. The van der Waals surface area contributed by atoms with E-state index < -0.39 is 10.0 Å². The lowest BCUT2D eigenvalue weighted by atomic mass is 10.3. The molecule has 0 atom stereocenters. The lowest BCUT2D eigenvalue weighted by Crippen LogP contribution is -2.24. The van der Waals surface area contributed by atoms with Crippen LogP contribution in [0, 0.1) is 0 Å². The Morgan fingerprint density at radius 2 is 2.13 bits per heavy atom. The second kappa shape index (κ2) is 4.83. The van der Waals surface area contributed by atoms with Crippen molar-refractivity contribution in [2.75, 3.05) is 12.3 Å². The van der Waals surface area contributed by atoms with Crippen molar-refractivity contribution in [2.24, 2.45) is 0 Å². The minimum Gasteiger partial charge on any atom is -0.399 e. The number of nitrogen functional groups attached to an aromatic ring is 1. The van der Waals surface area contributed by atoms with Gasteiger partial charge in [0.2, 0.25) is 10.0 Å². The lowest BCUT2D eigenvalue weighted by Gasteiger charge is -2.07. The molecule has 15 heavy (non-hydrogen) atoms. The van der Waals surface area contributed by atoms with E-state index in [9.17, 15) is 8.42 Å². The summed E-state index contributed by atoms with van der Waals surface area (Å²) in [5.41, 5.74) is 5.87. The summed E-state index contributed by atoms with van der Waals surface area (Å²) in [5.74, 6) is 0. The second-order valence-corrected chi connectivity index (χ2v) is 5.23. The number of halogens is 1. The van der Waals surface area contributed by atoms with E-state index in [1.165, 1.54) is 12.1 Å². The van der Waals surface area contributed by atoms with E-state index in [0.29, 0.717) is 12.2 Å². The van der Waals surface area contributed by atoms with E-state index in [2.05, 4.69) is 4.72 Å². The van der Waals surface area contributed by atoms with Crippen LogP contribution in [0.15, 0.2) is 23.1 Å². The zero-order valence-corrected chi connectivity index (χ0v) is 9.90. The molecule has 0 spiro atoms. The number of hydrogen-bond donors (Lipinski definition) is 2. The molecule has 0 unspecified atom stereocenters. The van der Waals surface area contributed by atoms with Gasteiger partial charge in [-0.15, -0.1) is 0 Å². The summed E-state index contributed by atoms with van der Waals surface area (Å²) < 4.78 is 25.9. The smallest absolute Gasteiger partial charge is 0.242 e. The Morgan fingerprint density at radius 1 is 1.47 bits per heavy atom. The van der Waals surface area contributed by atoms with Crippen molar-refractivity contribution in [1.82, 2.24) is 4.72 Å². The van der Waals surface area contributed by atoms with Gasteiger partial charge in [0.05, 0.1) is 5.02 Å². The van der Waals surface area contributed by atoms with Gasteiger partial charge in [-0.05, 0) is 24.6 Å². The molecule has 1 aromatic rings. The van der Waals surface area contributed by atoms with Crippen LogP contribution in [-0.4, -0.2) is 15.0 Å². The van der Waals surface area contributed by atoms with Crippen molar-refractivity contribution in [2.45, 2.75) is 18.2 Å². The van der Waals surface area contributed by atoms with Gasteiger partial charge in [0, 0.05) is 12.2 Å². The molecule has 0 fully saturated rings. The monoisotopic (exact) mass is 248 g/mol. The van der Waals surface area contributed by atoms with Gasteiger partial charge in [0.1, 0.15) is 4.90 Å². The van der Waals surface area contributed by atoms with Crippen LogP contribution >= 0.6 is 11.6 Å². The van der Waals surface area contributed by atoms with Crippen LogP contribution in [-0.2, 0) is 10.0 Å². The van der Waals surface area contributed by atoms with Crippen LogP contribution in [0.1, 0.15) is 13.3 Å². The summed E-state index contributed by atoms with van der Waals surface area (Å²) in [6.07, 6.45) is 0.721. The fraction of sp³-hybridized carbons (Fsp3) is 0.333.